The van der Waals surface area contributed by atoms with Crippen molar-refractivity contribution in [3.05, 3.63) is 36.3 Å². The molecule has 0 unspecified atom stereocenters. The number of nitrogens with one attached hydrogen (secondary N) is 2. The number of hydrogen-bond acceptors (Lipinski definition) is 3. The van der Waals surface area contributed by atoms with Gasteiger partial charge in [-0.05, 0) is 46.2 Å². The molecule has 6 heteroatoms. The molecule has 2 amide bonds. The molecular weight excluding hydrogens is 304 g/mol. The van der Waals surface area contributed by atoms with Gasteiger partial charge in [-0.1, -0.05) is 6.07 Å². The van der Waals surface area contributed by atoms with Crippen molar-refractivity contribution in [3.63, 3.8) is 0 Å². The summed E-state index contributed by atoms with van der Waals surface area (Å²) < 4.78 is 7.98. The van der Waals surface area contributed by atoms with Gasteiger partial charge in [-0.3, -0.25) is 0 Å². The first kappa shape index (κ1) is 16.8. The van der Waals surface area contributed by atoms with Crippen molar-refractivity contribution in [1.82, 2.24) is 20.0 Å². The topological polar surface area (TPSA) is 67.7 Å². The lowest BCUT2D eigenvalue weighted by atomic mass is 9.95. The van der Waals surface area contributed by atoms with E-state index in [1.54, 1.807) is 0 Å². The molecule has 3 rings (SSSR count). The first-order valence-electron chi connectivity index (χ1n) is 8.42. The molecule has 0 saturated carbocycles. The van der Waals surface area contributed by atoms with Gasteiger partial charge >= 0.3 is 6.03 Å². The minimum atomic E-state index is -0.359. The Hall–Kier alpha value is -2.08. The SMILES string of the molecule is CC1(C)C[C@@H](NC(=O)NCCc2cn3ccccc3n2)C(C)(C)O1. The molecule has 1 saturated heterocycles. The highest BCUT2D eigenvalue weighted by molar-refractivity contribution is 5.74. The summed E-state index contributed by atoms with van der Waals surface area (Å²) in [6.45, 7) is 8.69. The van der Waals surface area contributed by atoms with Gasteiger partial charge in [-0.15, -0.1) is 0 Å². The largest absolute Gasteiger partial charge is 0.367 e. The van der Waals surface area contributed by atoms with Crippen molar-refractivity contribution in [2.45, 2.75) is 57.8 Å². The molecule has 2 aromatic rings. The summed E-state index contributed by atoms with van der Waals surface area (Å²) in [5, 5.41) is 5.95. The third kappa shape index (κ3) is 3.70. The van der Waals surface area contributed by atoms with Gasteiger partial charge in [-0.25, -0.2) is 9.78 Å². The van der Waals surface area contributed by atoms with Crippen molar-refractivity contribution >= 4 is 11.7 Å². The number of carbonyl (C=O) groups excluding carboxylic acids is 1. The molecule has 1 atom stereocenters. The van der Waals surface area contributed by atoms with Gasteiger partial charge in [0.15, 0.2) is 0 Å². The Morgan fingerprint density at radius 1 is 1.38 bits per heavy atom. The van der Waals surface area contributed by atoms with Crippen LogP contribution in [0.3, 0.4) is 0 Å². The molecule has 0 radical (unpaired) electrons. The molecule has 3 heterocycles. The number of nitrogens with zero attached hydrogens (tertiary/aromatic N) is 2. The Bertz CT molecular complexity index is 702. The van der Waals surface area contributed by atoms with Crippen molar-refractivity contribution in [2.75, 3.05) is 6.54 Å². The van der Waals surface area contributed by atoms with Crippen molar-refractivity contribution in [1.29, 1.82) is 0 Å². The number of imidazole rings is 1. The van der Waals surface area contributed by atoms with Gasteiger partial charge in [0.25, 0.3) is 0 Å². The number of urea groups is 1. The minimum absolute atomic E-state index is 0.00249. The summed E-state index contributed by atoms with van der Waals surface area (Å²) >= 11 is 0. The number of pyridine rings is 1. The lowest BCUT2D eigenvalue weighted by Crippen LogP contribution is -2.50. The van der Waals surface area contributed by atoms with Gasteiger partial charge in [0.1, 0.15) is 5.65 Å². The van der Waals surface area contributed by atoms with E-state index in [1.807, 2.05) is 48.8 Å². The smallest absolute Gasteiger partial charge is 0.315 e. The predicted molar refractivity (Wildman–Crippen MR) is 93.1 cm³/mol. The van der Waals surface area contributed by atoms with Gasteiger partial charge < -0.3 is 19.8 Å². The molecule has 0 aliphatic carbocycles. The lowest BCUT2D eigenvalue weighted by Gasteiger charge is -2.27. The first-order valence-corrected chi connectivity index (χ1v) is 8.42. The van der Waals surface area contributed by atoms with Gasteiger partial charge in [-0.2, -0.15) is 0 Å². The highest BCUT2D eigenvalue weighted by atomic mass is 16.5. The van der Waals surface area contributed by atoms with Crippen molar-refractivity contribution < 1.29 is 9.53 Å². The van der Waals surface area contributed by atoms with Crippen LogP contribution in [0.2, 0.25) is 0 Å². The standard InChI is InChI=1S/C18H26N4O2/c1-17(2)11-14(18(3,4)24-17)21-16(23)19-9-8-13-12-22-10-6-5-7-15(22)20-13/h5-7,10,12,14H,8-9,11H2,1-4H3,(H2,19,21,23)/t14-/m1/s1. The number of rotatable bonds is 4. The van der Waals surface area contributed by atoms with Crippen LogP contribution in [0.15, 0.2) is 30.6 Å². The van der Waals surface area contributed by atoms with E-state index in [-0.39, 0.29) is 23.3 Å². The Morgan fingerprint density at radius 3 is 2.83 bits per heavy atom. The zero-order valence-electron chi connectivity index (χ0n) is 14.8. The monoisotopic (exact) mass is 330 g/mol. The number of aromatic nitrogens is 2. The highest BCUT2D eigenvalue weighted by Crippen LogP contribution is 2.37. The van der Waals surface area contributed by atoms with Gasteiger partial charge in [0.05, 0.1) is 22.9 Å². The molecule has 2 aromatic heterocycles. The number of amides is 2. The van der Waals surface area contributed by atoms with E-state index >= 15 is 0 Å². The van der Waals surface area contributed by atoms with Gasteiger partial charge in [0, 0.05) is 25.4 Å². The molecule has 0 bridgehead atoms. The van der Waals surface area contributed by atoms with E-state index < -0.39 is 0 Å². The maximum Gasteiger partial charge on any atom is 0.315 e. The van der Waals surface area contributed by atoms with Crippen LogP contribution in [-0.4, -0.2) is 39.2 Å². The summed E-state index contributed by atoms with van der Waals surface area (Å²) in [4.78, 5) is 16.7. The molecule has 0 spiro atoms. The van der Waals surface area contributed by atoms with Crippen LogP contribution in [0.4, 0.5) is 4.79 Å². The Labute approximate surface area is 142 Å². The number of hydrogen-bond donors (Lipinski definition) is 2. The van der Waals surface area contributed by atoms with E-state index in [1.165, 1.54) is 0 Å². The van der Waals surface area contributed by atoms with E-state index in [9.17, 15) is 4.79 Å². The lowest BCUT2D eigenvalue weighted by molar-refractivity contribution is -0.0690. The Morgan fingerprint density at radius 2 is 2.17 bits per heavy atom. The third-order valence-corrected chi connectivity index (χ3v) is 4.46. The average Bonchev–Trinajstić information content (AvgIpc) is 2.96. The minimum Gasteiger partial charge on any atom is -0.367 e. The molecule has 130 valence electrons. The fourth-order valence-corrected chi connectivity index (χ4v) is 3.41. The zero-order valence-corrected chi connectivity index (χ0v) is 14.8. The highest BCUT2D eigenvalue weighted by Gasteiger charge is 2.46. The molecule has 6 nitrogen and oxygen atoms in total. The van der Waals surface area contributed by atoms with E-state index in [2.05, 4.69) is 29.5 Å². The summed E-state index contributed by atoms with van der Waals surface area (Å²) in [5.41, 5.74) is 1.32. The second-order valence-corrected chi connectivity index (χ2v) is 7.57. The van der Waals surface area contributed by atoms with E-state index in [0.717, 1.165) is 17.8 Å². The summed E-state index contributed by atoms with van der Waals surface area (Å²) in [6.07, 6.45) is 5.46. The summed E-state index contributed by atoms with van der Waals surface area (Å²) in [5.74, 6) is 0. The molecule has 0 aromatic carbocycles. The van der Waals surface area contributed by atoms with E-state index in [4.69, 9.17) is 4.74 Å². The maximum atomic E-state index is 12.2. The fraction of sp³-hybridized carbons (Fsp3) is 0.556. The predicted octanol–water partition coefficient (Wildman–Crippen LogP) is 2.52. The maximum absolute atomic E-state index is 12.2. The molecule has 1 fully saturated rings. The van der Waals surface area contributed by atoms with Crippen LogP contribution in [0.5, 0.6) is 0 Å². The van der Waals surface area contributed by atoms with Crippen LogP contribution in [0.1, 0.15) is 39.8 Å². The normalized spacial score (nSPS) is 21.8. The quantitative estimate of drug-likeness (QED) is 0.905. The average molecular weight is 330 g/mol. The molecule has 2 N–H and O–H groups in total. The van der Waals surface area contributed by atoms with Crippen molar-refractivity contribution in [2.24, 2.45) is 0 Å². The second-order valence-electron chi connectivity index (χ2n) is 7.57. The Balaban J connectivity index is 1.49. The van der Waals surface area contributed by atoms with Gasteiger partial charge in [0.2, 0.25) is 0 Å². The summed E-state index contributed by atoms with van der Waals surface area (Å²) in [7, 11) is 0. The molecule has 24 heavy (non-hydrogen) atoms. The van der Waals surface area contributed by atoms with E-state index in [0.29, 0.717) is 13.0 Å². The van der Waals surface area contributed by atoms with Crippen molar-refractivity contribution in [3.8, 4) is 0 Å². The third-order valence-electron chi connectivity index (χ3n) is 4.46. The number of fused-ring (bicyclic) bond motifs is 1. The zero-order chi connectivity index (χ0) is 17.4. The Kier molecular flexibility index (Phi) is 4.25. The van der Waals surface area contributed by atoms with Crippen LogP contribution >= 0.6 is 0 Å². The van der Waals surface area contributed by atoms with Crippen LogP contribution in [0.25, 0.3) is 5.65 Å². The summed E-state index contributed by atoms with van der Waals surface area (Å²) in [6, 6.07) is 5.75. The molecular formula is C18H26N4O2. The number of ether oxygens (including phenoxy) is 1. The first-order chi connectivity index (χ1) is 11.3. The fourth-order valence-electron chi connectivity index (χ4n) is 3.41. The molecule has 1 aliphatic heterocycles. The molecule has 1 aliphatic rings. The van der Waals surface area contributed by atoms with Crippen LogP contribution in [-0.2, 0) is 11.2 Å². The van der Waals surface area contributed by atoms with Crippen LogP contribution < -0.4 is 10.6 Å². The number of carbonyl (C=O) groups is 1. The second kappa shape index (κ2) is 6.09. The van der Waals surface area contributed by atoms with Crippen LogP contribution in [0, 0.1) is 0 Å².